The number of aryl methyl sites for hydroxylation is 2. The van der Waals surface area contributed by atoms with E-state index >= 15 is 0 Å². The van der Waals surface area contributed by atoms with Crippen LogP contribution in [-0.4, -0.2) is 14.7 Å². The van der Waals surface area contributed by atoms with Crippen molar-refractivity contribution < 1.29 is 12.6 Å². The van der Waals surface area contributed by atoms with Gasteiger partial charge in [-0.15, -0.1) is 11.3 Å². The molecule has 27 heavy (non-hydrogen) atoms. The lowest BCUT2D eigenvalue weighted by Gasteiger charge is -2.13. The molecule has 0 N–H and O–H groups in total. The van der Waals surface area contributed by atoms with E-state index < -0.39 is 10.1 Å². The fourth-order valence-corrected chi connectivity index (χ4v) is 6.03. The predicted molar refractivity (Wildman–Crippen MR) is 122 cm³/mol. The van der Waals surface area contributed by atoms with Crippen LogP contribution in [0.15, 0.2) is 48.5 Å². The van der Waals surface area contributed by atoms with Crippen LogP contribution in [0.3, 0.4) is 0 Å². The standard InChI is InChI=1S/C21H17IO3S2/c1-12-13(2)26-21-18(12)19(16-6-4-5-7-17(16)20(21)22)14-8-10-15(11-9-14)25-27(3,23)24/h4-11H,1-3H3. The van der Waals surface area contributed by atoms with E-state index in [9.17, 15) is 8.42 Å². The van der Waals surface area contributed by atoms with Gasteiger partial charge in [-0.25, -0.2) is 0 Å². The average Bonchev–Trinajstić information content (AvgIpc) is 2.91. The third-order valence-electron chi connectivity index (χ3n) is 4.66. The second-order valence-electron chi connectivity index (χ2n) is 6.53. The molecule has 3 nitrogen and oxygen atoms in total. The van der Waals surface area contributed by atoms with Crippen LogP contribution in [0.5, 0.6) is 5.75 Å². The van der Waals surface area contributed by atoms with E-state index in [0.29, 0.717) is 5.75 Å². The van der Waals surface area contributed by atoms with Crippen LogP contribution in [0, 0.1) is 17.4 Å². The van der Waals surface area contributed by atoms with E-state index in [0.717, 1.165) is 11.8 Å². The first kappa shape index (κ1) is 18.7. The molecule has 4 rings (SSSR count). The molecule has 0 aliphatic heterocycles. The maximum absolute atomic E-state index is 11.4. The van der Waals surface area contributed by atoms with E-state index in [1.54, 1.807) is 12.1 Å². The van der Waals surface area contributed by atoms with Crippen LogP contribution in [0.2, 0.25) is 0 Å². The summed E-state index contributed by atoms with van der Waals surface area (Å²) < 4.78 is 30.3. The first-order chi connectivity index (χ1) is 12.8. The molecular weight excluding hydrogens is 491 g/mol. The van der Waals surface area contributed by atoms with Gasteiger partial charge in [0.25, 0.3) is 0 Å². The lowest BCUT2D eigenvalue weighted by atomic mass is 9.93. The Labute approximate surface area is 176 Å². The molecule has 0 aliphatic carbocycles. The normalized spacial score (nSPS) is 12.0. The highest BCUT2D eigenvalue weighted by Crippen LogP contribution is 2.45. The van der Waals surface area contributed by atoms with Crippen molar-refractivity contribution in [1.82, 2.24) is 0 Å². The van der Waals surface area contributed by atoms with E-state index in [1.807, 2.05) is 23.5 Å². The number of halogens is 1. The molecule has 0 aliphatic rings. The molecule has 0 unspecified atom stereocenters. The molecule has 0 saturated carbocycles. The summed E-state index contributed by atoms with van der Waals surface area (Å²) in [7, 11) is -3.53. The molecule has 4 aromatic rings. The molecule has 1 heterocycles. The van der Waals surface area contributed by atoms with Crippen LogP contribution in [0.1, 0.15) is 10.4 Å². The van der Waals surface area contributed by atoms with Crippen molar-refractivity contribution in [3.8, 4) is 16.9 Å². The minimum absolute atomic E-state index is 0.325. The Morgan fingerprint density at radius 1 is 0.963 bits per heavy atom. The van der Waals surface area contributed by atoms with Gasteiger partial charge in [0, 0.05) is 18.5 Å². The molecule has 6 heteroatoms. The van der Waals surface area contributed by atoms with Crippen molar-refractivity contribution in [2.75, 3.05) is 6.26 Å². The average molecular weight is 508 g/mol. The second kappa shape index (κ2) is 6.76. The topological polar surface area (TPSA) is 43.4 Å². The molecule has 0 radical (unpaired) electrons. The number of benzene rings is 3. The largest absolute Gasteiger partial charge is 0.383 e. The monoisotopic (exact) mass is 508 g/mol. The van der Waals surface area contributed by atoms with Gasteiger partial charge in [-0.2, -0.15) is 8.42 Å². The zero-order valence-corrected chi connectivity index (χ0v) is 18.8. The number of hydrogen-bond donors (Lipinski definition) is 0. The second-order valence-corrected chi connectivity index (χ2v) is 10.4. The Morgan fingerprint density at radius 2 is 1.59 bits per heavy atom. The lowest BCUT2D eigenvalue weighted by molar-refractivity contribution is 0.493. The zero-order valence-electron chi connectivity index (χ0n) is 15.0. The molecule has 0 amide bonds. The third-order valence-corrected chi connectivity index (χ3v) is 7.86. The van der Waals surface area contributed by atoms with Gasteiger partial charge in [0.2, 0.25) is 0 Å². The van der Waals surface area contributed by atoms with Crippen molar-refractivity contribution in [3.05, 3.63) is 62.5 Å². The SMILES string of the molecule is Cc1sc2c(I)c3ccccc3c(-c3ccc(OS(C)(=O)=O)cc3)c2c1C. The highest BCUT2D eigenvalue weighted by molar-refractivity contribution is 14.1. The van der Waals surface area contributed by atoms with Crippen LogP contribution in [-0.2, 0) is 10.1 Å². The summed E-state index contributed by atoms with van der Waals surface area (Å²) in [5.74, 6) is 0.325. The summed E-state index contributed by atoms with van der Waals surface area (Å²) in [6.07, 6.45) is 1.05. The minimum atomic E-state index is -3.53. The smallest absolute Gasteiger partial charge is 0.306 e. The number of rotatable bonds is 3. The number of thiophene rings is 1. The van der Waals surface area contributed by atoms with Gasteiger partial charge in [-0.05, 0) is 76.0 Å². The summed E-state index contributed by atoms with van der Waals surface area (Å²) >= 11 is 4.27. The summed E-state index contributed by atoms with van der Waals surface area (Å²) in [5.41, 5.74) is 3.54. The first-order valence-electron chi connectivity index (χ1n) is 8.36. The van der Waals surface area contributed by atoms with E-state index in [-0.39, 0.29) is 0 Å². The number of fused-ring (bicyclic) bond motifs is 2. The fraction of sp³-hybridized carbons (Fsp3) is 0.143. The molecule has 0 fully saturated rings. The molecule has 0 atom stereocenters. The maximum Gasteiger partial charge on any atom is 0.306 e. The van der Waals surface area contributed by atoms with Crippen LogP contribution < -0.4 is 4.18 Å². The Bertz CT molecular complexity index is 1290. The van der Waals surface area contributed by atoms with E-state index in [4.69, 9.17) is 4.18 Å². The molecular formula is C21H17IO3S2. The molecule has 0 saturated heterocycles. The van der Waals surface area contributed by atoms with Crippen LogP contribution in [0.4, 0.5) is 0 Å². The zero-order chi connectivity index (χ0) is 19.3. The first-order valence-corrected chi connectivity index (χ1v) is 12.1. The van der Waals surface area contributed by atoms with E-state index in [2.05, 4.69) is 60.7 Å². The fourth-order valence-electron chi connectivity index (χ4n) is 3.38. The van der Waals surface area contributed by atoms with Gasteiger partial charge in [0.15, 0.2) is 0 Å². The van der Waals surface area contributed by atoms with Gasteiger partial charge < -0.3 is 4.18 Å². The summed E-state index contributed by atoms with van der Waals surface area (Å²) in [4.78, 5) is 1.32. The van der Waals surface area contributed by atoms with Gasteiger partial charge in [-0.1, -0.05) is 36.4 Å². The van der Waals surface area contributed by atoms with Crippen molar-refractivity contribution in [1.29, 1.82) is 0 Å². The van der Waals surface area contributed by atoms with Gasteiger partial charge in [0.05, 0.1) is 6.26 Å². The van der Waals surface area contributed by atoms with E-state index in [1.165, 1.54) is 40.4 Å². The van der Waals surface area contributed by atoms with Crippen molar-refractivity contribution in [2.45, 2.75) is 13.8 Å². The Balaban J connectivity index is 2.04. The molecule has 3 aromatic carbocycles. The van der Waals surface area contributed by atoms with Crippen LogP contribution >= 0.6 is 33.9 Å². The molecule has 0 spiro atoms. The Morgan fingerprint density at radius 3 is 2.22 bits per heavy atom. The van der Waals surface area contributed by atoms with Crippen molar-refractivity contribution in [3.63, 3.8) is 0 Å². The van der Waals surface area contributed by atoms with Crippen molar-refractivity contribution >= 4 is 64.9 Å². The van der Waals surface area contributed by atoms with Gasteiger partial charge in [0.1, 0.15) is 5.75 Å². The highest BCUT2D eigenvalue weighted by atomic mass is 127. The minimum Gasteiger partial charge on any atom is -0.383 e. The summed E-state index contributed by atoms with van der Waals surface area (Å²) in [6, 6.07) is 15.7. The van der Waals surface area contributed by atoms with Crippen molar-refractivity contribution in [2.24, 2.45) is 0 Å². The molecule has 138 valence electrons. The quantitative estimate of drug-likeness (QED) is 0.242. The van der Waals surface area contributed by atoms with Crippen LogP contribution in [0.25, 0.3) is 32.0 Å². The number of hydrogen-bond acceptors (Lipinski definition) is 4. The summed E-state index contributed by atoms with van der Waals surface area (Å²) in [6.45, 7) is 4.33. The predicted octanol–water partition coefficient (Wildman–Crippen LogP) is 6.28. The third kappa shape index (κ3) is 3.34. The van der Waals surface area contributed by atoms with Gasteiger partial charge in [-0.3, -0.25) is 0 Å². The lowest BCUT2D eigenvalue weighted by Crippen LogP contribution is -2.05. The Kier molecular flexibility index (Phi) is 4.68. The molecule has 1 aromatic heterocycles. The Hall–Kier alpha value is -1.64. The van der Waals surface area contributed by atoms with Gasteiger partial charge >= 0.3 is 10.1 Å². The maximum atomic E-state index is 11.4. The highest BCUT2D eigenvalue weighted by Gasteiger charge is 2.18. The summed E-state index contributed by atoms with van der Waals surface area (Å²) in [5, 5.41) is 3.71. The molecule has 0 bridgehead atoms.